The molecule has 0 atom stereocenters. The van der Waals surface area contributed by atoms with Crippen molar-refractivity contribution in [1.29, 1.82) is 0 Å². The van der Waals surface area contributed by atoms with Crippen LogP contribution in [0.5, 0.6) is 0 Å². The fraction of sp³-hybridized carbons (Fsp3) is 0.0833. The third-order valence-corrected chi connectivity index (χ3v) is 2.20. The van der Waals surface area contributed by atoms with Gasteiger partial charge in [-0.1, -0.05) is 30.3 Å². The van der Waals surface area contributed by atoms with Gasteiger partial charge in [0.25, 0.3) is 5.91 Å². The van der Waals surface area contributed by atoms with Crippen molar-refractivity contribution in [1.82, 2.24) is 9.97 Å². The van der Waals surface area contributed by atoms with Crippen LogP contribution in [0.2, 0.25) is 0 Å². The second-order valence-electron chi connectivity index (χ2n) is 3.49. The maximum Gasteiger partial charge on any atom is 0.268 e. The molecular formula is C12H12N4O. The SMILES string of the molecule is NC(=O)c1cncc(NCc2ccccc2)n1. The molecule has 0 fully saturated rings. The van der Waals surface area contributed by atoms with Crippen LogP contribution in [0.3, 0.4) is 0 Å². The van der Waals surface area contributed by atoms with Crippen molar-refractivity contribution in [3.05, 3.63) is 54.0 Å². The first kappa shape index (κ1) is 11.1. The van der Waals surface area contributed by atoms with Crippen LogP contribution in [0.4, 0.5) is 5.82 Å². The van der Waals surface area contributed by atoms with Gasteiger partial charge in [-0.3, -0.25) is 9.78 Å². The third-order valence-electron chi connectivity index (χ3n) is 2.20. The first-order valence-corrected chi connectivity index (χ1v) is 5.15. The van der Waals surface area contributed by atoms with Gasteiger partial charge in [-0.05, 0) is 5.56 Å². The number of aromatic nitrogens is 2. The van der Waals surface area contributed by atoms with Crippen LogP contribution in [-0.2, 0) is 6.54 Å². The lowest BCUT2D eigenvalue weighted by Gasteiger charge is -2.05. The van der Waals surface area contributed by atoms with Crippen molar-refractivity contribution in [2.75, 3.05) is 5.32 Å². The predicted molar refractivity (Wildman–Crippen MR) is 64.3 cm³/mol. The van der Waals surface area contributed by atoms with E-state index in [-0.39, 0.29) is 5.69 Å². The van der Waals surface area contributed by atoms with Crippen molar-refractivity contribution in [2.45, 2.75) is 6.54 Å². The molecule has 1 heterocycles. The van der Waals surface area contributed by atoms with Crippen LogP contribution in [0, 0.1) is 0 Å². The Labute approximate surface area is 98.7 Å². The number of carbonyl (C=O) groups is 1. The Bertz CT molecular complexity index is 513. The summed E-state index contributed by atoms with van der Waals surface area (Å²) in [6, 6.07) is 9.87. The van der Waals surface area contributed by atoms with Crippen molar-refractivity contribution in [3.63, 3.8) is 0 Å². The number of carbonyl (C=O) groups excluding carboxylic acids is 1. The van der Waals surface area contributed by atoms with Crippen molar-refractivity contribution in [3.8, 4) is 0 Å². The lowest BCUT2D eigenvalue weighted by atomic mass is 10.2. The van der Waals surface area contributed by atoms with Gasteiger partial charge >= 0.3 is 0 Å². The lowest BCUT2D eigenvalue weighted by Crippen LogP contribution is -2.14. The number of hydrogen-bond donors (Lipinski definition) is 2. The minimum absolute atomic E-state index is 0.156. The Hall–Kier alpha value is -2.43. The highest BCUT2D eigenvalue weighted by Crippen LogP contribution is 2.05. The smallest absolute Gasteiger partial charge is 0.268 e. The molecule has 1 amide bonds. The summed E-state index contributed by atoms with van der Waals surface area (Å²) in [5, 5.41) is 3.07. The Balaban J connectivity index is 2.04. The van der Waals surface area contributed by atoms with Gasteiger partial charge in [0.2, 0.25) is 0 Å². The number of amides is 1. The number of primary amides is 1. The quantitative estimate of drug-likeness (QED) is 0.823. The predicted octanol–water partition coefficient (Wildman–Crippen LogP) is 1.19. The molecule has 3 N–H and O–H groups in total. The third kappa shape index (κ3) is 3.01. The normalized spacial score (nSPS) is 9.88. The summed E-state index contributed by atoms with van der Waals surface area (Å²) in [6.07, 6.45) is 2.89. The lowest BCUT2D eigenvalue weighted by molar-refractivity contribution is 0.0995. The molecule has 5 heteroatoms. The first-order valence-electron chi connectivity index (χ1n) is 5.15. The summed E-state index contributed by atoms with van der Waals surface area (Å²) in [5.41, 5.74) is 6.40. The fourth-order valence-corrected chi connectivity index (χ4v) is 1.36. The zero-order valence-corrected chi connectivity index (χ0v) is 9.13. The Morgan fingerprint density at radius 2 is 2.00 bits per heavy atom. The van der Waals surface area contributed by atoms with Gasteiger partial charge in [0, 0.05) is 6.54 Å². The van der Waals surface area contributed by atoms with E-state index in [1.54, 1.807) is 6.20 Å². The molecule has 0 unspecified atom stereocenters. The maximum absolute atomic E-state index is 10.9. The summed E-state index contributed by atoms with van der Waals surface area (Å²) < 4.78 is 0. The van der Waals surface area contributed by atoms with E-state index in [2.05, 4.69) is 15.3 Å². The molecule has 0 saturated heterocycles. The van der Waals surface area contributed by atoms with Crippen LogP contribution >= 0.6 is 0 Å². The molecule has 2 rings (SSSR count). The van der Waals surface area contributed by atoms with E-state index in [9.17, 15) is 4.79 Å². The largest absolute Gasteiger partial charge is 0.365 e. The van der Waals surface area contributed by atoms with Crippen LogP contribution < -0.4 is 11.1 Å². The van der Waals surface area contributed by atoms with E-state index in [1.807, 2.05) is 30.3 Å². The van der Waals surface area contributed by atoms with E-state index < -0.39 is 5.91 Å². The number of hydrogen-bond acceptors (Lipinski definition) is 4. The number of nitrogens with zero attached hydrogens (tertiary/aromatic N) is 2. The van der Waals surface area contributed by atoms with Crippen molar-refractivity contribution in [2.24, 2.45) is 5.73 Å². The molecule has 2 aromatic rings. The molecule has 0 aliphatic heterocycles. The van der Waals surface area contributed by atoms with Gasteiger partial charge in [0.1, 0.15) is 11.5 Å². The van der Waals surface area contributed by atoms with Crippen LogP contribution in [0.15, 0.2) is 42.7 Å². The number of anilines is 1. The van der Waals surface area contributed by atoms with E-state index in [0.29, 0.717) is 12.4 Å². The Morgan fingerprint density at radius 1 is 1.24 bits per heavy atom. The highest BCUT2D eigenvalue weighted by molar-refractivity contribution is 5.90. The highest BCUT2D eigenvalue weighted by Gasteiger charge is 2.03. The van der Waals surface area contributed by atoms with Gasteiger partial charge in [-0.2, -0.15) is 0 Å². The van der Waals surface area contributed by atoms with E-state index in [0.717, 1.165) is 5.56 Å². The molecule has 0 saturated carbocycles. The summed E-state index contributed by atoms with van der Waals surface area (Å²) in [7, 11) is 0. The molecule has 1 aromatic carbocycles. The zero-order chi connectivity index (χ0) is 12.1. The van der Waals surface area contributed by atoms with Gasteiger partial charge < -0.3 is 11.1 Å². The second kappa shape index (κ2) is 5.07. The Kier molecular flexibility index (Phi) is 3.30. The van der Waals surface area contributed by atoms with Crippen molar-refractivity contribution >= 4 is 11.7 Å². The molecule has 0 aliphatic rings. The topological polar surface area (TPSA) is 80.9 Å². The number of nitrogens with one attached hydrogen (secondary N) is 1. The van der Waals surface area contributed by atoms with Crippen LogP contribution in [-0.4, -0.2) is 15.9 Å². The molecular weight excluding hydrogens is 216 g/mol. The second-order valence-corrected chi connectivity index (χ2v) is 3.49. The number of rotatable bonds is 4. The van der Waals surface area contributed by atoms with E-state index >= 15 is 0 Å². The average molecular weight is 228 g/mol. The summed E-state index contributed by atoms with van der Waals surface area (Å²) in [6.45, 7) is 0.623. The summed E-state index contributed by atoms with van der Waals surface area (Å²) >= 11 is 0. The molecule has 17 heavy (non-hydrogen) atoms. The average Bonchev–Trinajstić information content (AvgIpc) is 2.38. The van der Waals surface area contributed by atoms with Crippen molar-refractivity contribution < 1.29 is 4.79 Å². The van der Waals surface area contributed by atoms with Gasteiger partial charge in [0.05, 0.1) is 12.4 Å². The minimum Gasteiger partial charge on any atom is -0.365 e. The van der Waals surface area contributed by atoms with Crippen LogP contribution in [0.1, 0.15) is 16.1 Å². The number of benzene rings is 1. The molecule has 0 spiro atoms. The van der Waals surface area contributed by atoms with E-state index in [4.69, 9.17) is 5.73 Å². The minimum atomic E-state index is -0.583. The first-order chi connectivity index (χ1) is 8.25. The molecule has 0 bridgehead atoms. The number of nitrogens with two attached hydrogens (primary N) is 1. The fourth-order valence-electron chi connectivity index (χ4n) is 1.36. The highest BCUT2D eigenvalue weighted by atomic mass is 16.1. The molecule has 5 nitrogen and oxygen atoms in total. The summed E-state index contributed by atoms with van der Waals surface area (Å²) in [5.74, 6) is -0.0500. The maximum atomic E-state index is 10.9. The van der Waals surface area contributed by atoms with Crippen LogP contribution in [0.25, 0.3) is 0 Å². The molecule has 86 valence electrons. The van der Waals surface area contributed by atoms with E-state index in [1.165, 1.54) is 6.20 Å². The summed E-state index contributed by atoms with van der Waals surface area (Å²) in [4.78, 5) is 18.9. The van der Waals surface area contributed by atoms with Gasteiger partial charge in [-0.25, -0.2) is 4.98 Å². The van der Waals surface area contributed by atoms with Gasteiger partial charge in [0.15, 0.2) is 0 Å². The molecule has 0 radical (unpaired) electrons. The Morgan fingerprint density at radius 3 is 2.71 bits per heavy atom. The zero-order valence-electron chi connectivity index (χ0n) is 9.13. The monoisotopic (exact) mass is 228 g/mol. The molecule has 0 aliphatic carbocycles. The van der Waals surface area contributed by atoms with Gasteiger partial charge in [-0.15, -0.1) is 0 Å². The standard InChI is InChI=1S/C12H12N4O/c13-12(17)10-7-14-8-11(16-10)15-6-9-4-2-1-3-5-9/h1-5,7-8H,6H2,(H2,13,17)(H,15,16). The molecule has 1 aromatic heterocycles.